The summed E-state index contributed by atoms with van der Waals surface area (Å²) in [5.41, 5.74) is 2.62. The fraction of sp³-hybridized carbons (Fsp3) is 0.0556. The molecule has 1 aromatic heterocycles. The number of phenolic OH excluding ortho intramolecular Hbond substituents is 1. The molecule has 1 heterocycles. The molecule has 0 saturated carbocycles. The Bertz CT molecular complexity index is 976. The number of rotatable bonds is 4. The predicted molar refractivity (Wildman–Crippen MR) is 92.1 cm³/mol. The van der Waals surface area contributed by atoms with Gasteiger partial charge in [-0.25, -0.2) is 5.43 Å². The number of carbonyl (C=O) groups excluding carboxylic acids is 1. The summed E-state index contributed by atoms with van der Waals surface area (Å²) < 4.78 is 1.28. The quantitative estimate of drug-likeness (QED) is 0.568. The van der Waals surface area contributed by atoms with E-state index in [1.807, 2.05) is 30.3 Å². The van der Waals surface area contributed by atoms with Crippen LogP contribution in [0.2, 0.25) is 0 Å². The third-order valence-electron chi connectivity index (χ3n) is 3.54. The number of amides is 1. The fourth-order valence-electron chi connectivity index (χ4n) is 2.37. The Morgan fingerprint density at radius 2 is 1.92 bits per heavy atom. The van der Waals surface area contributed by atoms with Gasteiger partial charge in [0.1, 0.15) is 12.3 Å². The highest BCUT2D eigenvalue weighted by molar-refractivity contribution is 6.02. The Morgan fingerprint density at radius 1 is 1.12 bits per heavy atom. The normalized spacial score (nSPS) is 11.0. The summed E-state index contributed by atoms with van der Waals surface area (Å²) in [7, 11) is 0. The largest absolute Gasteiger partial charge is 0.507 e. The van der Waals surface area contributed by atoms with Crippen molar-refractivity contribution in [1.29, 1.82) is 0 Å². The number of aromatic hydroxyl groups is 1. The highest BCUT2D eigenvalue weighted by atomic mass is 16.3. The minimum atomic E-state index is -0.431. The molecule has 2 aromatic carbocycles. The maximum Gasteiger partial charge on any atom is 0.260 e. The lowest BCUT2D eigenvalue weighted by Gasteiger charge is -2.05. The van der Waals surface area contributed by atoms with Crippen LogP contribution in [0.3, 0.4) is 0 Å². The van der Waals surface area contributed by atoms with E-state index in [4.69, 9.17) is 0 Å². The van der Waals surface area contributed by atoms with Crippen molar-refractivity contribution in [2.75, 3.05) is 0 Å². The number of nitrogens with one attached hydrogen (secondary N) is 1. The van der Waals surface area contributed by atoms with E-state index in [0.717, 1.165) is 10.8 Å². The first-order valence-electron chi connectivity index (χ1n) is 7.33. The molecule has 3 aromatic rings. The molecular formula is C18H15N3O3. The fourth-order valence-corrected chi connectivity index (χ4v) is 2.37. The third kappa shape index (κ3) is 3.33. The minimum Gasteiger partial charge on any atom is -0.507 e. The molecule has 0 radical (unpaired) electrons. The van der Waals surface area contributed by atoms with Gasteiger partial charge < -0.3 is 9.67 Å². The van der Waals surface area contributed by atoms with Crippen LogP contribution in [0.25, 0.3) is 10.8 Å². The van der Waals surface area contributed by atoms with Gasteiger partial charge in [0.05, 0.1) is 6.21 Å². The summed E-state index contributed by atoms with van der Waals surface area (Å²) in [6.45, 7) is -0.126. The van der Waals surface area contributed by atoms with Crippen LogP contribution in [0.4, 0.5) is 0 Å². The second-order valence-corrected chi connectivity index (χ2v) is 5.18. The number of hydrogen-bond donors (Lipinski definition) is 2. The van der Waals surface area contributed by atoms with Gasteiger partial charge in [0.15, 0.2) is 0 Å². The molecule has 0 fully saturated rings. The Hall–Kier alpha value is -3.41. The van der Waals surface area contributed by atoms with Gasteiger partial charge in [0, 0.05) is 17.8 Å². The van der Waals surface area contributed by atoms with Crippen molar-refractivity contribution in [1.82, 2.24) is 9.99 Å². The number of pyridine rings is 1. The monoisotopic (exact) mass is 321 g/mol. The van der Waals surface area contributed by atoms with Crippen molar-refractivity contribution < 1.29 is 9.90 Å². The molecule has 6 heteroatoms. The van der Waals surface area contributed by atoms with Crippen LogP contribution in [-0.2, 0) is 11.3 Å². The topological polar surface area (TPSA) is 83.7 Å². The zero-order valence-corrected chi connectivity index (χ0v) is 12.7. The first kappa shape index (κ1) is 15.5. The number of phenols is 1. The summed E-state index contributed by atoms with van der Waals surface area (Å²) in [4.78, 5) is 23.4. The highest BCUT2D eigenvalue weighted by Gasteiger charge is 2.05. The molecule has 2 N–H and O–H groups in total. The molecule has 3 rings (SSSR count). The number of hydrazone groups is 1. The molecule has 0 bridgehead atoms. The number of aromatic nitrogens is 1. The lowest BCUT2D eigenvalue weighted by atomic mass is 10.0. The molecule has 0 atom stereocenters. The Morgan fingerprint density at radius 3 is 2.75 bits per heavy atom. The molecule has 0 spiro atoms. The van der Waals surface area contributed by atoms with Crippen molar-refractivity contribution in [3.8, 4) is 5.75 Å². The molecule has 6 nitrogen and oxygen atoms in total. The SMILES string of the molecule is O=C(Cn1ccccc1=O)N/N=C/c1c(O)ccc2ccccc12. The molecule has 0 unspecified atom stereocenters. The summed E-state index contributed by atoms with van der Waals surface area (Å²) in [6, 6.07) is 15.6. The van der Waals surface area contributed by atoms with Gasteiger partial charge in [-0.15, -0.1) is 0 Å². The van der Waals surface area contributed by atoms with Crippen molar-refractivity contribution >= 4 is 22.9 Å². The van der Waals surface area contributed by atoms with E-state index in [1.165, 1.54) is 23.0 Å². The molecule has 0 saturated heterocycles. The molecule has 120 valence electrons. The van der Waals surface area contributed by atoms with E-state index in [2.05, 4.69) is 10.5 Å². The minimum absolute atomic E-state index is 0.0750. The third-order valence-corrected chi connectivity index (χ3v) is 3.54. The maximum atomic E-state index is 11.9. The second kappa shape index (κ2) is 6.78. The number of hydrogen-bond acceptors (Lipinski definition) is 4. The Labute approximate surface area is 137 Å². The highest BCUT2D eigenvalue weighted by Crippen LogP contribution is 2.25. The summed E-state index contributed by atoms with van der Waals surface area (Å²) in [6.07, 6.45) is 2.92. The van der Waals surface area contributed by atoms with Crippen LogP contribution < -0.4 is 11.0 Å². The van der Waals surface area contributed by atoms with E-state index < -0.39 is 5.91 Å². The van der Waals surface area contributed by atoms with Gasteiger partial charge in [-0.1, -0.05) is 36.4 Å². The molecule has 24 heavy (non-hydrogen) atoms. The molecule has 0 aliphatic rings. The van der Waals surface area contributed by atoms with Gasteiger partial charge >= 0.3 is 0 Å². The predicted octanol–water partition coefficient (Wildman–Crippen LogP) is 1.86. The van der Waals surface area contributed by atoms with Gasteiger partial charge in [0.2, 0.25) is 0 Å². The first-order valence-corrected chi connectivity index (χ1v) is 7.33. The average Bonchev–Trinajstić information content (AvgIpc) is 2.59. The van der Waals surface area contributed by atoms with Crippen LogP contribution in [0.5, 0.6) is 5.75 Å². The smallest absolute Gasteiger partial charge is 0.260 e. The summed E-state index contributed by atoms with van der Waals surface area (Å²) >= 11 is 0. The lowest BCUT2D eigenvalue weighted by molar-refractivity contribution is -0.121. The molecule has 0 aliphatic heterocycles. The zero-order chi connectivity index (χ0) is 16.9. The van der Waals surface area contributed by atoms with Gasteiger partial charge in [0.25, 0.3) is 11.5 Å². The Balaban J connectivity index is 1.75. The van der Waals surface area contributed by atoms with Crippen LogP contribution in [0.1, 0.15) is 5.56 Å². The number of benzene rings is 2. The van der Waals surface area contributed by atoms with Crippen LogP contribution in [0.15, 0.2) is 70.7 Å². The van der Waals surface area contributed by atoms with Gasteiger partial charge in [-0.2, -0.15) is 5.10 Å². The lowest BCUT2D eigenvalue weighted by Crippen LogP contribution is -2.28. The number of nitrogens with zero attached hydrogens (tertiary/aromatic N) is 2. The Kier molecular flexibility index (Phi) is 4.38. The summed E-state index contributed by atoms with van der Waals surface area (Å²) in [5.74, 6) is -0.356. The van der Waals surface area contributed by atoms with Crippen molar-refractivity contribution in [3.63, 3.8) is 0 Å². The van der Waals surface area contributed by atoms with Crippen molar-refractivity contribution in [3.05, 3.63) is 76.7 Å². The average molecular weight is 321 g/mol. The van der Waals surface area contributed by atoms with E-state index in [1.54, 1.807) is 18.2 Å². The molecule has 0 aliphatic carbocycles. The van der Waals surface area contributed by atoms with Crippen LogP contribution in [0, 0.1) is 0 Å². The van der Waals surface area contributed by atoms with E-state index >= 15 is 0 Å². The van der Waals surface area contributed by atoms with E-state index in [-0.39, 0.29) is 17.9 Å². The van der Waals surface area contributed by atoms with Crippen molar-refractivity contribution in [2.24, 2.45) is 5.10 Å². The number of carbonyl (C=O) groups is 1. The van der Waals surface area contributed by atoms with E-state index in [9.17, 15) is 14.7 Å². The van der Waals surface area contributed by atoms with Gasteiger partial charge in [-0.3, -0.25) is 9.59 Å². The maximum absolute atomic E-state index is 11.9. The first-order chi connectivity index (χ1) is 11.6. The van der Waals surface area contributed by atoms with Crippen LogP contribution in [-0.4, -0.2) is 21.8 Å². The standard InChI is InChI=1S/C18H15N3O3/c22-16-9-8-13-5-1-2-6-14(13)15(16)11-19-20-17(23)12-21-10-4-3-7-18(21)24/h1-11,22H,12H2,(H,20,23)/b19-11+. The molecule has 1 amide bonds. The number of fused-ring (bicyclic) bond motifs is 1. The van der Waals surface area contributed by atoms with Crippen LogP contribution >= 0.6 is 0 Å². The molecular weight excluding hydrogens is 306 g/mol. The van der Waals surface area contributed by atoms with Gasteiger partial charge in [-0.05, 0) is 22.9 Å². The van der Waals surface area contributed by atoms with E-state index in [0.29, 0.717) is 5.56 Å². The second-order valence-electron chi connectivity index (χ2n) is 5.18. The van der Waals surface area contributed by atoms with Crippen molar-refractivity contribution in [2.45, 2.75) is 6.54 Å². The zero-order valence-electron chi connectivity index (χ0n) is 12.7. The summed E-state index contributed by atoms with van der Waals surface area (Å²) in [5, 5.41) is 15.7.